The van der Waals surface area contributed by atoms with Crippen molar-refractivity contribution in [1.82, 2.24) is 4.57 Å². The quantitative estimate of drug-likeness (QED) is 0.872. The third-order valence-corrected chi connectivity index (χ3v) is 3.10. The Bertz CT molecular complexity index is 502. The average Bonchev–Trinajstić information content (AvgIpc) is 2.53. The van der Waals surface area contributed by atoms with Gasteiger partial charge in [-0.25, -0.2) is 0 Å². The lowest BCUT2D eigenvalue weighted by molar-refractivity contribution is 0.185. The topological polar surface area (TPSA) is 25.2 Å². The molecule has 0 aliphatic carbocycles. The lowest BCUT2D eigenvalue weighted by Gasteiger charge is -2.02. The van der Waals surface area contributed by atoms with Gasteiger partial charge in [-0.2, -0.15) is 0 Å². The molecule has 1 aromatic carbocycles. The lowest BCUT2D eigenvalue weighted by Crippen LogP contribution is -2.00. The number of benzene rings is 1. The van der Waals surface area contributed by atoms with E-state index in [0.29, 0.717) is 0 Å². The molecule has 0 radical (unpaired) electrons. The number of aliphatic hydroxyl groups excluding tert-OH is 1. The first-order chi connectivity index (χ1) is 7.58. The fourth-order valence-corrected chi connectivity index (χ4v) is 2.17. The number of aliphatic hydroxyl groups is 1. The fraction of sp³-hybridized carbons (Fsp3) is 0.385. The van der Waals surface area contributed by atoms with E-state index in [-0.39, 0.29) is 6.10 Å². The normalized spacial score (nSPS) is 13.2. The van der Waals surface area contributed by atoms with Crippen molar-refractivity contribution < 1.29 is 5.11 Å². The Kier molecular flexibility index (Phi) is 3.22. The number of nitrogens with zero attached hydrogens (tertiary/aromatic N) is 1. The number of rotatable bonds is 3. The summed E-state index contributed by atoms with van der Waals surface area (Å²) in [4.78, 5) is 0. The van der Waals surface area contributed by atoms with Crippen LogP contribution < -0.4 is 0 Å². The van der Waals surface area contributed by atoms with E-state index >= 15 is 0 Å². The Labute approximate surface area is 100 Å². The van der Waals surface area contributed by atoms with Crippen molar-refractivity contribution in [2.24, 2.45) is 7.05 Å². The molecule has 1 atom stereocenters. The van der Waals surface area contributed by atoms with Crippen molar-refractivity contribution in [2.45, 2.75) is 25.9 Å². The van der Waals surface area contributed by atoms with E-state index in [1.54, 1.807) is 0 Å². The Morgan fingerprint density at radius 1 is 1.44 bits per heavy atom. The molecule has 86 valence electrons. The minimum Gasteiger partial charge on any atom is -0.393 e. The summed E-state index contributed by atoms with van der Waals surface area (Å²) in [5, 5.41) is 11.3. The number of hydrogen-bond donors (Lipinski definition) is 1. The van der Waals surface area contributed by atoms with Gasteiger partial charge in [-0.05, 0) is 37.5 Å². The smallest absolute Gasteiger partial charge is 0.0515 e. The number of aryl methyl sites for hydroxylation is 2. The first-order valence-corrected chi connectivity index (χ1v) is 5.87. The van der Waals surface area contributed by atoms with Gasteiger partial charge in [0.2, 0.25) is 0 Å². The highest BCUT2D eigenvalue weighted by Crippen LogP contribution is 2.25. The molecule has 0 bridgehead atoms. The summed E-state index contributed by atoms with van der Waals surface area (Å²) in [6, 6.07) is 5.94. The molecule has 0 unspecified atom stereocenters. The van der Waals surface area contributed by atoms with Gasteiger partial charge in [0.05, 0.1) is 6.10 Å². The predicted molar refractivity (Wildman–Crippen MR) is 67.9 cm³/mol. The van der Waals surface area contributed by atoms with Crippen LogP contribution in [0.5, 0.6) is 0 Å². The molecule has 2 nitrogen and oxygen atoms in total. The standard InChI is InChI=1S/C13H16ClNO/c1-9(16)3-4-10-8-15(2)13-7-11(14)5-6-12(10)13/h5-9,16H,3-4H2,1-2H3/t9-/m1/s1. The zero-order valence-electron chi connectivity index (χ0n) is 9.57. The summed E-state index contributed by atoms with van der Waals surface area (Å²) in [5.41, 5.74) is 2.42. The van der Waals surface area contributed by atoms with Crippen LogP contribution in [0, 0.1) is 0 Å². The number of aromatic nitrogens is 1. The van der Waals surface area contributed by atoms with E-state index in [9.17, 15) is 5.11 Å². The highest BCUT2D eigenvalue weighted by Gasteiger charge is 2.07. The summed E-state index contributed by atoms with van der Waals surface area (Å²) in [5.74, 6) is 0. The van der Waals surface area contributed by atoms with E-state index < -0.39 is 0 Å². The number of halogens is 1. The van der Waals surface area contributed by atoms with Gasteiger partial charge in [-0.1, -0.05) is 17.7 Å². The molecule has 1 heterocycles. The van der Waals surface area contributed by atoms with Crippen molar-refractivity contribution in [3.63, 3.8) is 0 Å². The maximum Gasteiger partial charge on any atom is 0.0515 e. The lowest BCUT2D eigenvalue weighted by atomic mass is 10.1. The van der Waals surface area contributed by atoms with Gasteiger partial charge < -0.3 is 9.67 Å². The Morgan fingerprint density at radius 3 is 2.88 bits per heavy atom. The van der Waals surface area contributed by atoms with Crippen LogP contribution in [0.2, 0.25) is 5.02 Å². The zero-order chi connectivity index (χ0) is 11.7. The zero-order valence-corrected chi connectivity index (χ0v) is 10.3. The Morgan fingerprint density at radius 2 is 2.19 bits per heavy atom. The number of fused-ring (bicyclic) bond motifs is 1. The van der Waals surface area contributed by atoms with E-state index in [1.165, 1.54) is 10.9 Å². The second-order valence-corrected chi connectivity index (χ2v) is 4.75. The van der Waals surface area contributed by atoms with Crippen LogP contribution in [-0.4, -0.2) is 15.8 Å². The molecule has 0 aliphatic heterocycles. The Balaban J connectivity index is 2.39. The third kappa shape index (κ3) is 2.23. The fourth-order valence-electron chi connectivity index (χ4n) is 2.00. The maximum absolute atomic E-state index is 9.31. The van der Waals surface area contributed by atoms with E-state index in [0.717, 1.165) is 23.4 Å². The van der Waals surface area contributed by atoms with Crippen LogP contribution in [0.1, 0.15) is 18.9 Å². The molecule has 0 amide bonds. The van der Waals surface area contributed by atoms with Crippen molar-refractivity contribution in [2.75, 3.05) is 0 Å². The van der Waals surface area contributed by atoms with Gasteiger partial charge >= 0.3 is 0 Å². The van der Waals surface area contributed by atoms with E-state index in [2.05, 4.69) is 16.8 Å². The second kappa shape index (κ2) is 4.48. The van der Waals surface area contributed by atoms with Gasteiger partial charge in [0.25, 0.3) is 0 Å². The SMILES string of the molecule is C[C@@H](O)CCc1cn(C)c2cc(Cl)ccc12. The molecule has 3 heteroatoms. The van der Waals surface area contributed by atoms with E-state index in [4.69, 9.17) is 11.6 Å². The van der Waals surface area contributed by atoms with Crippen molar-refractivity contribution in [3.8, 4) is 0 Å². The molecule has 0 saturated heterocycles. The first-order valence-electron chi connectivity index (χ1n) is 5.49. The van der Waals surface area contributed by atoms with Gasteiger partial charge in [0, 0.05) is 29.2 Å². The van der Waals surface area contributed by atoms with Gasteiger partial charge in [-0.15, -0.1) is 0 Å². The first kappa shape index (κ1) is 11.5. The summed E-state index contributed by atoms with van der Waals surface area (Å²) in [6.07, 6.45) is 3.56. The highest BCUT2D eigenvalue weighted by atomic mass is 35.5. The Hall–Kier alpha value is -0.990. The molecule has 1 aromatic heterocycles. The summed E-state index contributed by atoms with van der Waals surface area (Å²) in [6.45, 7) is 1.82. The molecule has 1 N–H and O–H groups in total. The summed E-state index contributed by atoms with van der Waals surface area (Å²) >= 11 is 5.97. The average molecular weight is 238 g/mol. The van der Waals surface area contributed by atoms with Crippen LogP contribution in [-0.2, 0) is 13.5 Å². The van der Waals surface area contributed by atoms with Crippen LogP contribution in [0.25, 0.3) is 10.9 Å². The van der Waals surface area contributed by atoms with Crippen LogP contribution in [0.4, 0.5) is 0 Å². The molecule has 0 aliphatic rings. The van der Waals surface area contributed by atoms with Gasteiger partial charge in [-0.3, -0.25) is 0 Å². The number of hydrogen-bond acceptors (Lipinski definition) is 1. The molecular weight excluding hydrogens is 222 g/mol. The van der Waals surface area contributed by atoms with Gasteiger partial charge in [0.1, 0.15) is 0 Å². The molecule has 2 aromatic rings. The highest BCUT2D eigenvalue weighted by molar-refractivity contribution is 6.31. The van der Waals surface area contributed by atoms with E-state index in [1.807, 2.05) is 26.1 Å². The molecule has 0 spiro atoms. The van der Waals surface area contributed by atoms with Crippen molar-refractivity contribution in [3.05, 3.63) is 35.0 Å². The summed E-state index contributed by atoms with van der Waals surface area (Å²) in [7, 11) is 2.02. The third-order valence-electron chi connectivity index (χ3n) is 2.87. The van der Waals surface area contributed by atoms with Crippen LogP contribution in [0.3, 0.4) is 0 Å². The molecular formula is C13H16ClNO. The van der Waals surface area contributed by atoms with Crippen LogP contribution >= 0.6 is 11.6 Å². The minimum absolute atomic E-state index is 0.248. The molecule has 0 saturated carbocycles. The van der Waals surface area contributed by atoms with Crippen LogP contribution in [0.15, 0.2) is 24.4 Å². The largest absolute Gasteiger partial charge is 0.393 e. The molecule has 16 heavy (non-hydrogen) atoms. The predicted octanol–water partition coefficient (Wildman–Crippen LogP) is 3.15. The molecule has 0 fully saturated rings. The summed E-state index contributed by atoms with van der Waals surface area (Å²) < 4.78 is 2.08. The monoisotopic (exact) mass is 237 g/mol. The molecule has 2 rings (SSSR count). The van der Waals surface area contributed by atoms with Gasteiger partial charge in [0.15, 0.2) is 0 Å². The maximum atomic E-state index is 9.31. The minimum atomic E-state index is -0.248. The van der Waals surface area contributed by atoms with Crippen molar-refractivity contribution in [1.29, 1.82) is 0 Å². The second-order valence-electron chi connectivity index (χ2n) is 4.31. The van der Waals surface area contributed by atoms with Crippen molar-refractivity contribution >= 4 is 22.5 Å².